The van der Waals surface area contributed by atoms with Gasteiger partial charge in [0.25, 0.3) is 0 Å². The lowest BCUT2D eigenvalue weighted by atomic mass is 9.76. The fraction of sp³-hybridized carbons (Fsp3) is 0.500. The maximum absolute atomic E-state index is 11.8. The zero-order valence-corrected chi connectivity index (χ0v) is 11.5. The van der Waals surface area contributed by atoms with Crippen LogP contribution in [0.5, 0.6) is 0 Å². The van der Waals surface area contributed by atoms with Crippen molar-refractivity contribution in [3.63, 3.8) is 0 Å². The highest BCUT2D eigenvalue weighted by Crippen LogP contribution is 2.45. The summed E-state index contributed by atoms with van der Waals surface area (Å²) >= 11 is 3.52. The molecule has 1 saturated heterocycles. The van der Waals surface area contributed by atoms with E-state index in [0.29, 0.717) is 5.57 Å². The first-order chi connectivity index (χ1) is 7.87. The van der Waals surface area contributed by atoms with Crippen LogP contribution in [0, 0.1) is 11.3 Å². The van der Waals surface area contributed by atoms with E-state index in [9.17, 15) is 9.59 Å². The van der Waals surface area contributed by atoms with Gasteiger partial charge < -0.3 is 10.1 Å². The number of rotatable bonds is 1. The summed E-state index contributed by atoms with van der Waals surface area (Å²) in [5, 5.41) is 2.83. The maximum atomic E-state index is 11.8. The van der Waals surface area contributed by atoms with Gasteiger partial charge in [0.2, 0.25) is 5.91 Å². The van der Waals surface area contributed by atoms with E-state index >= 15 is 0 Å². The van der Waals surface area contributed by atoms with Gasteiger partial charge in [-0.3, -0.25) is 4.79 Å². The second kappa shape index (κ2) is 3.98. The Bertz CT molecular complexity index is 451. The van der Waals surface area contributed by atoms with Crippen LogP contribution in [0.15, 0.2) is 23.4 Å². The number of amides is 1. The summed E-state index contributed by atoms with van der Waals surface area (Å²) < 4.78 is 4.68. The number of allylic oxidation sites excluding steroid dienone is 2. The minimum Gasteiger partial charge on any atom is -0.465 e. The highest BCUT2D eigenvalue weighted by atomic mass is 79.9. The fourth-order valence-electron chi connectivity index (χ4n) is 2.32. The third-order valence-electron chi connectivity index (χ3n) is 3.34. The van der Waals surface area contributed by atoms with Gasteiger partial charge >= 0.3 is 5.97 Å². The van der Waals surface area contributed by atoms with Crippen LogP contribution in [-0.4, -0.2) is 23.8 Å². The summed E-state index contributed by atoms with van der Waals surface area (Å²) in [5.74, 6) is -0.375. The van der Waals surface area contributed by atoms with Crippen molar-refractivity contribution in [1.29, 1.82) is 0 Å². The molecule has 92 valence electrons. The zero-order chi connectivity index (χ0) is 12.8. The summed E-state index contributed by atoms with van der Waals surface area (Å²) in [4.78, 5) is 23.3. The topological polar surface area (TPSA) is 55.4 Å². The van der Waals surface area contributed by atoms with Crippen molar-refractivity contribution >= 4 is 27.8 Å². The van der Waals surface area contributed by atoms with Crippen LogP contribution >= 0.6 is 15.9 Å². The predicted molar refractivity (Wildman–Crippen MR) is 66.3 cm³/mol. The van der Waals surface area contributed by atoms with Crippen molar-refractivity contribution in [2.75, 3.05) is 7.11 Å². The molecule has 2 aliphatic rings. The number of methoxy groups -OCH3 is 1. The van der Waals surface area contributed by atoms with Crippen LogP contribution in [-0.2, 0) is 14.3 Å². The summed E-state index contributed by atoms with van der Waals surface area (Å²) in [5.41, 5.74) is 0.779. The molecule has 0 bridgehead atoms. The second-order valence-corrected chi connectivity index (χ2v) is 5.87. The Balaban J connectivity index is 2.39. The number of carbonyl (C=O) groups excluding carboxylic acids is 2. The molecule has 0 aromatic rings. The Labute approximate surface area is 108 Å². The lowest BCUT2D eigenvalue weighted by Crippen LogP contribution is -2.32. The predicted octanol–water partition coefficient (Wildman–Crippen LogP) is 1.52. The standard InChI is InChI=1S/C12H14BrNO3/c1-12(2)9-7(13)4-6(10(15)17-3)5-8(9)14-11(12)16/h4-5,7,9H,1-3H3,(H,14,16). The Hall–Kier alpha value is -1.10. The first kappa shape index (κ1) is 12.4. The first-order valence-corrected chi connectivity index (χ1v) is 6.26. The van der Waals surface area contributed by atoms with Crippen molar-refractivity contribution in [1.82, 2.24) is 5.32 Å². The highest BCUT2D eigenvalue weighted by Gasteiger charge is 2.49. The van der Waals surface area contributed by atoms with Gasteiger partial charge in [-0.25, -0.2) is 4.79 Å². The molecule has 4 nitrogen and oxygen atoms in total. The van der Waals surface area contributed by atoms with E-state index in [1.165, 1.54) is 7.11 Å². The maximum Gasteiger partial charge on any atom is 0.337 e. The molecular formula is C12H14BrNO3. The Kier molecular flexibility index (Phi) is 2.89. The van der Waals surface area contributed by atoms with Crippen molar-refractivity contribution in [3.8, 4) is 0 Å². The molecule has 1 N–H and O–H groups in total. The Morgan fingerprint density at radius 2 is 2.18 bits per heavy atom. The normalized spacial score (nSPS) is 30.0. The Morgan fingerprint density at radius 1 is 1.53 bits per heavy atom. The van der Waals surface area contributed by atoms with Crippen LogP contribution in [0.1, 0.15) is 13.8 Å². The van der Waals surface area contributed by atoms with E-state index < -0.39 is 5.41 Å². The number of ether oxygens (including phenoxy) is 1. The molecule has 2 atom stereocenters. The molecule has 1 amide bonds. The molecule has 1 heterocycles. The average molecular weight is 300 g/mol. The number of hydrogen-bond acceptors (Lipinski definition) is 3. The number of alkyl halides is 1. The van der Waals surface area contributed by atoms with Crippen molar-refractivity contribution < 1.29 is 14.3 Å². The molecule has 0 saturated carbocycles. The Morgan fingerprint density at radius 3 is 2.76 bits per heavy atom. The van der Waals surface area contributed by atoms with E-state index in [2.05, 4.69) is 26.0 Å². The second-order valence-electron chi connectivity index (χ2n) is 4.81. The molecule has 2 unspecified atom stereocenters. The quantitative estimate of drug-likeness (QED) is 0.590. The van der Waals surface area contributed by atoms with Gasteiger partial charge in [0, 0.05) is 16.4 Å². The van der Waals surface area contributed by atoms with Gasteiger partial charge in [-0.1, -0.05) is 35.9 Å². The number of hydrogen-bond donors (Lipinski definition) is 1. The van der Waals surface area contributed by atoms with Gasteiger partial charge in [-0.15, -0.1) is 0 Å². The molecule has 0 aromatic carbocycles. The minimum absolute atomic E-state index is 0.0160. The van der Waals surface area contributed by atoms with Crippen molar-refractivity contribution in [2.45, 2.75) is 18.7 Å². The van der Waals surface area contributed by atoms with E-state index in [1.54, 1.807) is 12.2 Å². The lowest BCUT2D eigenvalue weighted by Gasteiger charge is -2.29. The van der Waals surface area contributed by atoms with Crippen LogP contribution in [0.2, 0.25) is 0 Å². The molecule has 0 spiro atoms. The smallest absolute Gasteiger partial charge is 0.337 e. The van der Waals surface area contributed by atoms with Gasteiger partial charge in [-0.2, -0.15) is 0 Å². The van der Waals surface area contributed by atoms with Crippen LogP contribution < -0.4 is 5.32 Å². The van der Waals surface area contributed by atoms with Gasteiger partial charge in [-0.05, 0) is 6.08 Å². The summed E-state index contributed by atoms with van der Waals surface area (Å²) in [6.07, 6.45) is 3.49. The number of nitrogens with one attached hydrogen (secondary N) is 1. The average Bonchev–Trinajstić information content (AvgIpc) is 2.48. The zero-order valence-electron chi connectivity index (χ0n) is 9.91. The molecule has 0 aromatic heterocycles. The highest BCUT2D eigenvalue weighted by molar-refractivity contribution is 9.09. The van der Waals surface area contributed by atoms with E-state index in [1.807, 2.05) is 13.8 Å². The third-order valence-corrected chi connectivity index (χ3v) is 4.14. The van der Waals surface area contributed by atoms with Gasteiger partial charge in [0.15, 0.2) is 0 Å². The lowest BCUT2D eigenvalue weighted by molar-refractivity contribution is -0.135. The minimum atomic E-state index is -0.474. The molecule has 1 aliphatic carbocycles. The third kappa shape index (κ3) is 1.82. The van der Waals surface area contributed by atoms with Crippen LogP contribution in [0.25, 0.3) is 0 Å². The first-order valence-electron chi connectivity index (χ1n) is 5.35. The molecule has 2 rings (SSSR count). The number of esters is 1. The monoisotopic (exact) mass is 299 g/mol. The summed E-state index contributed by atoms with van der Waals surface area (Å²) in [7, 11) is 1.34. The molecule has 5 heteroatoms. The van der Waals surface area contributed by atoms with Gasteiger partial charge in [0.1, 0.15) is 0 Å². The summed E-state index contributed by atoms with van der Waals surface area (Å²) in [6, 6.07) is 0. The largest absolute Gasteiger partial charge is 0.465 e. The van der Waals surface area contributed by atoms with Crippen molar-refractivity contribution in [3.05, 3.63) is 23.4 Å². The molecule has 17 heavy (non-hydrogen) atoms. The number of fused-ring (bicyclic) bond motifs is 1. The number of halogens is 1. The van der Waals surface area contributed by atoms with Crippen LogP contribution in [0.4, 0.5) is 0 Å². The molecule has 1 fully saturated rings. The SMILES string of the molecule is COC(=O)C1=CC(Br)C2C(=C1)NC(=O)C2(C)C. The fourth-order valence-corrected chi connectivity index (χ4v) is 3.55. The van der Waals surface area contributed by atoms with E-state index in [0.717, 1.165) is 5.70 Å². The van der Waals surface area contributed by atoms with Gasteiger partial charge in [0.05, 0.1) is 18.1 Å². The van der Waals surface area contributed by atoms with E-state index in [4.69, 9.17) is 0 Å². The van der Waals surface area contributed by atoms with Crippen LogP contribution in [0.3, 0.4) is 0 Å². The molecule has 1 aliphatic heterocycles. The summed E-state index contributed by atoms with van der Waals surface area (Å²) in [6.45, 7) is 3.80. The molecule has 0 radical (unpaired) electrons. The van der Waals surface area contributed by atoms with Crippen molar-refractivity contribution in [2.24, 2.45) is 11.3 Å². The molecular weight excluding hydrogens is 286 g/mol. The number of carbonyl (C=O) groups is 2. The van der Waals surface area contributed by atoms with E-state index in [-0.39, 0.29) is 22.6 Å².